The smallest absolute Gasteiger partial charge is 0.186 e. The molecule has 0 atom stereocenters. The maximum absolute atomic E-state index is 11.0. The van der Waals surface area contributed by atoms with Gasteiger partial charge in [-0.3, -0.25) is 9.36 Å². The van der Waals surface area contributed by atoms with Gasteiger partial charge in [0.25, 0.3) is 0 Å². The second kappa shape index (κ2) is 3.79. The summed E-state index contributed by atoms with van der Waals surface area (Å²) in [6, 6.07) is 9.51. The molecule has 5 heteroatoms. The number of aldehydes is 1. The third kappa shape index (κ3) is 1.48. The van der Waals surface area contributed by atoms with Crippen molar-refractivity contribution >= 4 is 17.5 Å². The van der Waals surface area contributed by atoms with Crippen LogP contribution in [0.4, 0.5) is 0 Å². The number of imidazole rings is 1. The lowest BCUT2D eigenvalue weighted by molar-refractivity contribution is 0.111. The average Bonchev–Trinajstić information content (AvgIpc) is 2.78. The van der Waals surface area contributed by atoms with Crippen molar-refractivity contribution in [3.05, 3.63) is 48.7 Å². The number of hydrogen-bond donors (Lipinski definition) is 0. The molecule has 0 aliphatic carbocycles. The SMILES string of the molecule is O=Cc1nc2cncnc2n1-c1ccccc1. The normalized spacial score (nSPS) is 10.6. The molecule has 2 heterocycles. The first-order valence-corrected chi connectivity index (χ1v) is 5.09. The largest absolute Gasteiger partial charge is 0.294 e. The Morgan fingerprint density at radius 1 is 1.18 bits per heavy atom. The molecule has 2 aromatic heterocycles. The van der Waals surface area contributed by atoms with Crippen molar-refractivity contribution in [1.82, 2.24) is 19.5 Å². The van der Waals surface area contributed by atoms with Crippen LogP contribution in [0.15, 0.2) is 42.9 Å². The predicted molar refractivity (Wildman–Crippen MR) is 62.0 cm³/mol. The highest BCUT2D eigenvalue weighted by Crippen LogP contribution is 2.17. The van der Waals surface area contributed by atoms with Crippen LogP contribution in [0.3, 0.4) is 0 Å². The van der Waals surface area contributed by atoms with Crippen LogP contribution in [0.1, 0.15) is 10.6 Å². The third-order valence-corrected chi connectivity index (χ3v) is 2.47. The number of hydrogen-bond acceptors (Lipinski definition) is 4. The molecule has 1 aromatic carbocycles. The van der Waals surface area contributed by atoms with Crippen LogP contribution in [0, 0.1) is 0 Å². The van der Waals surface area contributed by atoms with Crippen molar-refractivity contribution in [3.8, 4) is 5.69 Å². The lowest BCUT2D eigenvalue weighted by atomic mass is 10.3. The first kappa shape index (κ1) is 9.65. The Bertz CT molecular complexity index is 675. The molecule has 3 aromatic rings. The molecule has 0 saturated heterocycles. The number of aromatic nitrogens is 4. The number of nitrogens with zero attached hydrogens (tertiary/aromatic N) is 4. The molecule has 5 nitrogen and oxygen atoms in total. The van der Waals surface area contributed by atoms with E-state index >= 15 is 0 Å². The first-order valence-electron chi connectivity index (χ1n) is 5.09. The molecule has 0 spiro atoms. The molecule has 0 radical (unpaired) electrons. The quantitative estimate of drug-likeness (QED) is 0.621. The van der Waals surface area contributed by atoms with Crippen molar-refractivity contribution in [1.29, 1.82) is 0 Å². The van der Waals surface area contributed by atoms with Crippen molar-refractivity contribution in [3.63, 3.8) is 0 Å². The Morgan fingerprint density at radius 3 is 2.76 bits per heavy atom. The van der Waals surface area contributed by atoms with E-state index in [2.05, 4.69) is 15.0 Å². The first-order chi connectivity index (χ1) is 8.40. The molecule has 0 saturated carbocycles. The zero-order chi connectivity index (χ0) is 11.7. The molecular weight excluding hydrogens is 216 g/mol. The van der Waals surface area contributed by atoms with E-state index in [1.54, 1.807) is 10.8 Å². The van der Waals surface area contributed by atoms with Crippen LogP contribution in [0.2, 0.25) is 0 Å². The van der Waals surface area contributed by atoms with E-state index in [4.69, 9.17) is 0 Å². The van der Waals surface area contributed by atoms with Crippen LogP contribution in [0.5, 0.6) is 0 Å². The highest BCUT2D eigenvalue weighted by atomic mass is 16.1. The maximum atomic E-state index is 11.0. The van der Waals surface area contributed by atoms with E-state index in [0.717, 1.165) is 5.69 Å². The van der Waals surface area contributed by atoms with Crippen LogP contribution in [-0.4, -0.2) is 25.8 Å². The summed E-state index contributed by atoms with van der Waals surface area (Å²) in [5.74, 6) is 0.326. The van der Waals surface area contributed by atoms with E-state index < -0.39 is 0 Å². The van der Waals surface area contributed by atoms with Crippen LogP contribution < -0.4 is 0 Å². The Morgan fingerprint density at radius 2 is 2.00 bits per heavy atom. The van der Waals surface area contributed by atoms with Crippen LogP contribution in [-0.2, 0) is 0 Å². The summed E-state index contributed by atoms with van der Waals surface area (Å²) in [7, 11) is 0. The van der Waals surface area contributed by atoms with Gasteiger partial charge >= 0.3 is 0 Å². The van der Waals surface area contributed by atoms with E-state index in [1.807, 2.05) is 30.3 Å². The van der Waals surface area contributed by atoms with Crippen molar-refractivity contribution in [2.24, 2.45) is 0 Å². The Balaban J connectivity index is 2.38. The van der Waals surface area contributed by atoms with Gasteiger partial charge in [0.1, 0.15) is 11.8 Å². The standard InChI is InChI=1S/C12H8N4O/c17-7-11-15-10-6-13-8-14-12(10)16(11)9-4-2-1-3-5-9/h1-8H. The fourth-order valence-corrected chi connectivity index (χ4v) is 1.76. The molecule has 3 rings (SSSR count). The number of fused-ring (bicyclic) bond motifs is 1. The number of rotatable bonds is 2. The van der Waals surface area contributed by atoms with Gasteiger partial charge in [-0.2, -0.15) is 0 Å². The highest BCUT2D eigenvalue weighted by molar-refractivity contribution is 5.82. The van der Waals surface area contributed by atoms with E-state index in [9.17, 15) is 4.79 Å². The van der Waals surface area contributed by atoms with Gasteiger partial charge < -0.3 is 0 Å². The van der Waals surface area contributed by atoms with Gasteiger partial charge in [0.15, 0.2) is 17.8 Å². The zero-order valence-corrected chi connectivity index (χ0v) is 8.82. The van der Waals surface area contributed by atoms with Crippen molar-refractivity contribution in [2.75, 3.05) is 0 Å². The summed E-state index contributed by atoms with van der Waals surface area (Å²) in [5, 5.41) is 0. The summed E-state index contributed by atoms with van der Waals surface area (Å²) < 4.78 is 1.71. The van der Waals surface area contributed by atoms with Gasteiger partial charge in [-0.1, -0.05) is 18.2 Å². The minimum atomic E-state index is 0.326. The van der Waals surface area contributed by atoms with Gasteiger partial charge in [-0.25, -0.2) is 15.0 Å². The van der Waals surface area contributed by atoms with E-state index in [0.29, 0.717) is 23.3 Å². The third-order valence-electron chi connectivity index (χ3n) is 2.47. The fourth-order valence-electron chi connectivity index (χ4n) is 1.76. The lowest BCUT2D eigenvalue weighted by Gasteiger charge is -2.04. The van der Waals surface area contributed by atoms with Crippen LogP contribution in [0.25, 0.3) is 16.9 Å². The second-order valence-electron chi connectivity index (χ2n) is 3.49. The topological polar surface area (TPSA) is 60.7 Å². The highest BCUT2D eigenvalue weighted by Gasteiger charge is 2.12. The predicted octanol–water partition coefficient (Wildman–Crippen LogP) is 1.63. The Labute approximate surface area is 96.8 Å². The molecule has 0 aliphatic heterocycles. The molecule has 82 valence electrons. The summed E-state index contributed by atoms with van der Waals surface area (Å²) in [6.45, 7) is 0. The van der Waals surface area contributed by atoms with Gasteiger partial charge in [-0.15, -0.1) is 0 Å². The Hall–Kier alpha value is -2.56. The molecule has 17 heavy (non-hydrogen) atoms. The molecule has 0 amide bonds. The minimum Gasteiger partial charge on any atom is -0.294 e. The fraction of sp³-hybridized carbons (Fsp3) is 0. The van der Waals surface area contributed by atoms with Gasteiger partial charge in [0, 0.05) is 5.69 Å². The number of carbonyl (C=O) groups excluding carboxylic acids is 1. The molecule has 0 N–H and O–H groups in total. The molecule has 0 bridgehead atoms. The summed E-state index contributed by atoms with van der Waals surface area (Å²) in [4.78, 5) is 23.3. The zero-order valence-electron chi connectivity index (χ0n) is 8.82. The van der Waals surface area contributed by atoms with Gasteiger partial charge in [0.2, 0.25) is 0 Å². The van der Waals surface area contributed by atoms with Crippen molar-refractivity contribution in [2.45, 2.75) is 0 Å². The number of para-hydroxylation sites is 1. The molecule has 0 fully saturated rings. The van der Waals surface area contributed by atoms with Crippen molar-refractivity contribution < 1.29 is 4.79 Å². The number of benzene rings is 1. The van der Waals surface area contributed by atoms with E-state index in [1.165, 1.54) is 6.33 Å². The second-order valence-corrected chi connectivity index (χ2v) is 3.49. The average molecular weight is 224 g/mol. The van der Waals surface area contributed by atoms with Crippen LogP contribution >= 0.6 is 0 Å². The molecular formula is C12H8N4O. The monoisotopic (exact) mass is 224 g/mol. The van der Waals surface area contributed by atoms with Gasteiger partial charge in [0.05, 0.1) is 6.20 Å². The Kier molecular flexibility index (Phi) is 2.15. The summed E-state index contributed by atoms with van der Waals surface area (Å²) >= 11 is 0. The maximum Gasteiger partial charge on any atom is 0.186 e. The lowest BCUT2D eigenvalue weighted by Crippen LogP contribution is -2.00. The number of carbonyl (C=O) groups is 1. The summed E-state index contributed by atoms with van der Waals surface area (Å²) in [6.07, 6.45) is 3.75. The summed E-state index contributed by atoms with van der Waals surface area (Å²) in [5.41, 5.74) is 2.10. The minimum absolute atomic E-state index is 0.326. The molecule has 0 aliphatic rings. The molecule has 0 unspecified atom stereocenters. The van der Waals surface area contributed by atoms with E-state index in [-0.39, 0.29) is 0 Å². The van der Waals surface area contributed by atoms with Gasteiger partial charge in [-0.05, 0) is 12.1 Å².